The van der Waals surface area contributed by atoms with Crippen molar-refractivity contribution in [1.29, 1.82) is 0 Å². The Balaban J connectivity index is 2.82. The molecule has 168 valence electrons. The van der Waals surface area contributed by atoms with Crippen molar-refractivity contribution in [3.63, 3.8) is 0 Å². The SMILES string of the molecule is CCOC(=O)C(SCC)(C(C)=O)c1[nH]c2ccccc2c1CC(C(=O)OC)C(=O)OC. The first kappa shape index (κ1) is 24.5. The topological polar surface area (TPSA) is 112 Å². The summed E-state index contributed by atoms with van der Waals surface area (Å²) in [6, 6.07) is 7.18. The maximum absolute atomic E-state index is 13.1. The quantitative estimate of drug-likeness (QED) is 0.335. The van der Waals surface area contributed by atoms with Crippen LogP contribution in [0.2, 0.25) is 0 Å². The number of methoxy groups -OCH3 is 2. The van der Waals surface area contributed by atoms with Gasteiger partial charge in [0.25, 0.3) is 0 Å². The van der Waals surface area contributed by atoms with Gasteiger partial charge < -0.3 is 19.2 Å². The lowest BCUT2D eigenvalue weighted by Crippen LogP contribution is -2.42. The molecule has 2 rings (SSSR count). The predicted molar refractivity (Wildman–Crippen MR) is 117 cm³/mol. The van der Waals surface area contributed by atoms with E-state index in [1.165, 1.54) is 21.1 Å². The van der Waals surface area contributed by atoms with Gasteiger partial charge in [0.05, 0.1) is 26.5 Å². The number of H-pyrrole nitrogens is 1. The highest BCUT2D eigenvalue weighted by molar-refractivity contribution is 8.01. The van der Waals surface area contributed by atoms with Crippen molar-refractivity contribution >= 4 is 46.4 Å². The highest BCUT2D eigenvalue weighted by Crippen LogP contribution is 2.43. The third kappa shape index (κ3) is 4.61. The normalized spacial score (nSPS) is 13.0. The lowest BCUT2D eigenvalue weighted by molar-refractivity contribution is -0.158. The van der Waals surface area contributed by atoms with Crippen LogP contribution in [0, 0.1) is 5.92 Å². The fraction of sp³-hybridized carbons (Fsp3) is 0.455. The molecule has 1 N–H and O–H groups in total. The van der Waals surface area contributed by atoms with Crippen LogP contribution in [0.15, 0.2) is 24.3 Å². The fourth-order valence-corrected chi connectivity index (χ4v) is 4.70. The van der Waals surface area contributed by atoms with Crippen molar-refractivity contribution in [2.45, 2.75) is 31.9 Å². The van der Waals surface area contributed by atoms with Gasteiger partial charge in [0, 0.05) is 10.9 Å². The van der Waals surface area contributed by atoms with Gasteiger partial charge in [-0.25, -0.2) is 4.79 Å². The predicted octanol–water partition coefficient (Wildman–Crippen LogP) is 2.77. The molecule has 0 aliphatic heterocycles. The number of fused-ring (bicyclic) bond motifs is 1. The number of ether oxygens (including phenoxy) is 3. The average molecular weight is 450 g/mol. The number of Topliss-reactive ketones (excluding diaryl/α,β-unsaturated/α-hetero) is 1. The smallest absolute Gasteiger partial charge is 0.336 e. The first-order valence-corrected chi connectivity index (χ1v) is 10.8. The van der Waals surface area contributed by atoms with Crippen molar-refractivity contribution in [2.24, 2.45) is 5.92 Å². The summed E-state index contributed by atoms with van der Waals surface area (Å²) in [6.07, 6.45) is -0.114. The number of rotatable bonds is 10. The Morgan fingerprint density at radius 3 is 2.19 bits per heavy atom. The van der Waals surface area contributed by atoms with E-state index < -0.39 is 34.4 Å². The Morgan fingerprint density at radius 1 is 1.06 bits per heavy atom. The summed E-state index contributed by atoms with van der Waals surface area (Å²) in [5.74, 6) is -3.46. The van der Waals surface area contributed by atoms with Crippen molar-refractivity contribution in [2.75, 3.05) is 26.6 Å². The molecule has 0 spiro atoms. The molecule has 0 aliphatic rings. The molecule has 1 unspecified atom stereocenters. The van der Waals surface area contributed by atoms with Gasteiger partial charge in [0.2, 0.25) is 4.75 Å². The molecular formula is C22H27NO7S. The number of para-hydroxylation sites is 1. The number of carbonyl (C=O) groups excluding carboxylic acids is 4. The molecule has 8 nitrogen and oxygen atoms in total. The zero-order valence-electron chi connectivity index (χ0n) is 18.3. The third-order valence-corrected chi connectivity index (χ3v) is 6.34. The summed E-state index contributed by atoms with van der Waals surface area (Å²) >= 11 is 1.13. The number of hydrogen-bond acceptors (Lipinski definition) is 8. The van der Waals surface area contributed by atoms with Crippen LogP contribution in [0.4, 0.5) is 0 Å². The van der Waals surface area contributed by atoms with E-state index in [1.54, 1.807) is 31.2 Å². The van der Waals surface area contributed by atoms with E-state index in [-0.39, 0.29) is 13.0 Å². The molecule has 0 saturated carbocycles. The van der Waals surface area contributed by atoms with Crippen LogP contribution < -0.4 is 0 Å². The maximum Gasteiger partial charge on any atom is 0.336 e. The molecule has 0 saturated heterocycles. The maximum atomic E-state index is 13.1. The van der Waals surface area contributed by atoms with Gasteiger partial charge in [0.15, 0.2) is 11.7 Å². The van der Waals surface area contributed by atoms with Crippen LogP contribution in [0.3, 0.4) is 0 Å². The number of nitrogens with one attached hydrogen (secondary N) is 1. The Bertz CT molecular complexity index is 967. The van der Waals surface area contributed by atoms with Crippen LogP contribution >= 0.6 is 11.8 Å². The van der Waals surface area contributed by atoms with Gasteiger partial charge in [-0.15, -0.1) is 11.8 Å². The molecule has 0 fully saturated rings. The molecular weight excluding hydrogens is 422 g/mol. The molecule has 1 heterocycles. The summed E-state index contributed by atoms with van der Waals surface area (Å²) in [6.45, 7) is 4.92. The molecule has 9 heteroatoms. The van der Waals surface area contributed by atoms with Crippen molar-refractivity contribution in [3.8, 4) is 0 Å². The molecule has 0 aliphatic carbocycles. The van der Waals surface area contributed by atoms with Gasteiger partial charge in [0.1, 0.15) is 0 Å². The minimum Gasteiger partial charge on any atom is -0.468 e. The number of benzene rings is 1. The van der Waals surface area contributed by atoms with E-state index in [4.69, 9.17) is 14.2 Å². The monoisotopic (exact) mass is 449 g/mol. The van der Waals surface area contributed by atoms with Gasteiger partial charge in [-0.2, -0.15) is 0 Å². The Hall–Kier alpha value is -2.81. The van der Waals surface area contributed by atoms with E-state index >= 15 is 0 Å². The second kappa shape index (κ2) is 10.5. The summed E-state index contributed by atoms with van der Waals surface area (Å²) in [5, 5.41) is 0.682. The van der Waals surface area contributed by atoms with E-state index in [9.17, 15) is 19.2 Å². The lowest BCUT2D eigenvalue weighted by atomic mass is 9.90. The van der Waals surface area contributed by atoms with E-state index in [0.717, 1.165) is 11.8 Å². The molecule has 1 atom stereocenters. The first-order chi connectivity index (χ1) is 14.8. The number of aromatic nitrogens is 1. The number of hydrogen-bond donors (Lipinski definition) is 1. The van der Waals surface area contributed by atoms with Crippen LogP contribution in [0.25, 0.3) is 10.9 Å². The minimum absolute atomic E-state index is 0.0979. The summed E-state index contributed by atoms with van der Waals surface area (Å²) < 4.78 is 13.2. The molecule has 2 aromatic rings. The first-order valence-electron chi connectivity index (χ1n) is 9.86. The summed E-state index contributed by atoms with van der Waals surface area (Å²) in [7, 11) is 2.36. The summed E-state index contributed by atoms with van der Waals surface area (Å²) in [5.41, 5.74) is 1.44. The van der Waals surface area contributed by atoms with Gasteiger partial charge in [-0.3, -0.25) is 14.4 Å². The standard InChI is InChI=1S/C22H27NO7S/c1-6-30-21(27)22(13(3)24,31-7-2)18-15(14-10-8-9-11-17(14)23-18)12-16(19(25)28-4)20(26)29-5/h8-11,16,23H,6-7,12H2,1-5H3. The second-order valence-corrected chi connectivity index (χ2v) is 8.20. The van der Waals surface area contributed by atoms with Crippen molar-refractivity contribution < 1.29 is 33.4 Å². The number of aromatic amines is 1. The molecule has 1 aromatic carbocycles. The minimum atomic E-state index is -1.67. The lowest BCUT2D eigenvalue weighted by Gasteiger charge is -2.29. The molecule has 0 radical (unpaired) electrons. The van der Waals surface area contributed by atoms with Crippen LogP contribution in [-0.4, -0.2) is 55.3 Å². The van der Waals surface area contributed by atoms with E-state index in [0.29, 0.717) is 27.9 Å². The highest BCUT2D eigenvalue weighted by atomic mass is 32.2. The zero-order valence-corrected chi connectivity index (χ0v) is 19.1. The fourth-order valence-electron chi connectivity index (χ4n) is 3.57. The third-order valence-electron chi connectivity index (χ3n) is 4.96. The van der Waals surface area contributed by atoms with Gasteiger partial charge in [-0.05, 0) is 37.7 Å². The molecule has 31 heavy (non-hydrogen) atoms. The Kier molecular flexibility index (Phi) is 8.27. The number of ketones is 1. The van der Waals surface area contributed by atoms with Gasteiger partial charge in [-0.1, -0.05) is 25.1 Å². The largest absolute Gasteiger partial charge is 0.468 e. The second-order valence-electron chi connectivity index (χ2n) is 6.72. The van der Waals surface area contributed by atoms with Crippen LogP contribution in [-0.2, 0) is 44.6 Å². The van der Waals surface area contributed by atoms with E-state index in [1.807, 2.05) is 6.92 Å². The van der Waals surface area contributed by atoms with E-state index in [2.05, 4.69) is 4.98 Å². The van der Waals surface area contributed by atoms with Gasteiger partial charge >= 0.3 is 17.9 Å². The molecule has 0 amide bonds. The van der Waals surface area contributed by atoms with Crippen molar-refractivity contribution in [3.05, 3.63) is 35.5 Å². The Morgan fingerprint density at radius 2 is 1.68 bits per heavy atom. The van der Waals surface area contributed by atoms with Crippen LogP contribution in [0.1, 0.15) is 32.0 Å². The average Bonchev–Trinajstić information content (AvgIpc) is 3.13. The molecule has 0 bridgehead atoms. The van der Waals surface area contributed by atoms with Crippen molar-refractivity contribution in [1.82, 2.24) is 4.98 Å². The zero-order chi connectivity index (χ0) is 23.2. The number of esters is 3. The highest BCUT2D eigenvalue weighted by Gasteiger charge is 2.50. The Labute approximate surface area is 185 Å². The van der Waals surface area contributed by atoms with Crippen LogP contribution in [0.5, 0.6) is 0 Å². The molecule has 1 aromatic heterocycles. The number of carbonyl (C=O) groups is 4. The number of thioether (sulfide) groups is 1. The summed E-state index contributed by atoms with van der Waals surface area (Å²) in [4.78, 5) is 53.9.